The van der Waals surface area contributed by atoms with Crippen LogP contribution in [0.3, 0.4) is 0 Å². The van der Waals surface area contributed by atoms with Crippen molar-refractivity contribution >= 4 is 29.2 Å². The Kier molecular flexibility index (Phi) is 5.82. The molecule has 5 nitrogen and oxygen atoms in total. The van der Waals surface area contributed by atoms with E-state index in [1.165, 1.54) is 6.92 Å². The van der Waals surface area contributed by atoms with Crippen LogP contribution in [0.4, 0.5) is 5.69 Å². The summed E-state index contributed by atoms with van der Waals surface area (Å²) in [6.45, 7) is 4.88. The molecule has 0 aliphatic carbocycles. The Labute approximate surface area is 145 Å². The van der Waals surface area contributed by atoms with Gasteiger partial charge in [0.05, 0.1) is 0 Å². The molecule has 0 bridgehead atoms. The standard InChI is InChI=1S/C18H18ClNO4/c1-11-10-14(19)4-9-17(11)23-12(2)18(22)24-16-7-5-15(6-8-16)20-13(3)21/h4-10,12H,1-3H3,(H,20,21)/t12-/m0/s1. The Morgan fingerprint density at radius 2 is 1.79 bits per heavy atom. The molecule has 1 N–H and O–H groups in total. The van der Waals surface area contributed by atoms with E-state index >= 15 is 0 Å². The molecule has 0 unspecified atom stereocenters. The van der Waals surface area contributed by atoms with E-state index in [4.69, 9.17) is 21.1 Å². The van der Waals surface area contributed by atoms with Gasteiger partial charge in [-0.2, -0.15) is 0 Å². The van der Waals surface area contributed by atoms with Crippen molar-refractivity contribution in [3.8, 4) is 11.5 Å². The van der Waals surface area contributed by atoms with Crippen molar-refractivity contribution in [1.82, 2.24) is 0 Å². The molecule has 126 valence electrons. The van der Waals surface area contributed by atoms with Gasteiger partial charge in [0.2, 0.25) is 5.91 Å². The minimum absolute atomic E-state index is 0.167. The van der Waals surface area contributed by atoms with Crippen molar-refractivity contribution in [1.29, 1.82) is 0 Å². The lowest BCUT2D eigenvalue weighted by Gasteiger charge is -2.15. The van der Waals surface area contributed by atoms with Crippen LogP contribution in [0.1, 0.15) is 19.4 Å². The summed E-state index contributed by atoms with van der Waals surface area (Å²) in [7, 11) is 0. The number of esters is 1. The normalized spacial score (nSPS) is 11.5. The predicted molar refractivity (Wildman–Crippen MR) is 92.7 cm³/mol. The summed E-state index contributed by atoms with van der Waals surface area (Å²) in [5.74, 6) is 0.263. The fourth-order valence-corrected chi connectivity index (χ4v) is 2.22. The zero-order chi connectivity index (χ0) is 17.7. The SMILES string of the molecule is CC(=O)Nc1ccc(OC(=O)[C@H](C)Oc2ccc(Cl)cc2C)cc1. The summed E-state index contributed by atoms with van der Waals surface area (Å²) in [5.41, 5.74) is 1.46. The molecule has 2 aromatic rings. The fourth-order valence-electron chi connectivity index (χ4n) is 1.99. The Balaban J connectivity index is 1.97. The van der Waals surface area contributed by atoms with Gasteiger partial charge in [0.25, 0.3) is 0 Å². The first kappa shape index (κ1) is 17.8. The average Bonchev–Trinajstić information content (AvgIpc) is 2.51. The van der Waals surface area contributed by atoms with E-state index in [1.807, 2.05) is 6.92 Å². The van der Waals surface area contributed by atoms with Gasteiger partial charge in [-0.25, -0.2) is 4.79 Å². The third-order valence-electron chi connectivity index (χ3n) is 3.17. The van der Waals surface area contributed by atoms with Gasteiger partial charge in [-0.15, -0.1) is 0 Å². The van der Waals surface area contributed by atoms with Crippen LogP contribution in [0.5, 0.6) is 11.5 Å². The lowest BCUT2D eigenvalue weighted by molar-refractivity contribution is -0.141. The highest BCUT2D eigenvalue weighted by molar-refractivity contribution is 6.30. The first-order chi connectivity index (χ1) is 11.3. The number of carbonyl (C=O) groups is 2. The van der Waals surface area contributed by atoms with Crippen LogP contribution < -0.4 is 14.8 Å². The Morgan fingerprint density at radius 3 is 2.38 bits per heavy atom. The van der Waals surface area contributed by atoms with Crippen molar-refractivity contribution in [3.63, 3.8) is 0 Å². The van der Waals surface area contributed by atoms with E-state index in [-0.39, 0.29) is 5.91 Å². The molecule has 0 saturated carbocycles. The van der Waals surface area contributed by atoms with E-state index in [0.717, 1.165) is 5.56 Å². The van der Waals surface area contributed by atoms with Crippen molar-refractivity contribution in [2.45, 2.75) is 26.9 Å². The summed E-state index contributed by atoms with van der Waals surface area (Å²) < 4.78 is 10.9. The molecule has 0 heterocycles. The number of amides is 1. The number of benzene rings is 2. The van der Waals surface area contributed by atoms with Crippen molar-refractivity contribution in [2.75, 3.05) is 5.32 Å². The van der Waals surface area contributed by atoms with Crippen LogP contribution in [0.25, 0.3) is 0 Å². The number of ether oxygens (including phenoxy) is 2. The van der Waals surface area contributed by atoms with E-state index in [9.17, 15) is 9.59 Å². The summed E-state index contributed by atoms with van der Waals surface area (Å²) in [6, 6.07) is 11.7. The molecule has 2 rings (SSSR count). The smallest absolute Gasteiger partial charge is 0.352 e. The van der Waals surface area contributed by atoms with Gasteiger partial charge in [0.15, 0.2) is 6.10 Å². The Hall–Kier alpha value is -2.53. The first-order valence-corrected chi connectivity index (χ1v) is 7.75. The number of hydrogen-bond acceptors (Lipinski definition) is 4. The van der Waals surface area contributed by atoms with Gasteiger partial charge in [0, 0.05) is 17.6 Å². The number of hydrogen-bond donors (Lipinski definition) is 1. The molecule has 0 aromatic heterocycles. The largest absolute Gasteiger partial charge is 0.479 e. The second kappa shape index (κ2) is 7.84. The van der Waals surface area contributed by atoms with Crippen LogP contribution >= 0.6 is 11.6 Å². The van der Waals surface area contributed by atoms with E-state index in [2.05, 4.69) is 5.32 Å². The van der Waals surface area contributed by atoms with Crippen LogP contribution in [0.2, 0.25) is 5.02 Å². The monoisotopic (exact) mass is 347 g/mol. The van der Waals surface area contributed by atoms with Gasteiger partial charge in [-0.3, -0.25) is 4.79 Å². The second-order valence-electron chi connectivity index (χ2n) is 5.30. The summed E-state index contributed by atoms with van der Waals surface area (Å²) in [6.07, 6.45) is -0.778. The van der Waals surface area contributed by atoms with Gasteiger partial charge >= 0.3 is 5.97 Å². The minimum atomic E-state index is -0.778. The first-order valence-electron chi connectivity index (χ1n) is 7.37. The number of rotatable bonds is 5. The van der Waals surface area contributed by atoms with E-state index in [0.29, 0.717) is 22.2 Å². The predicted octanol–water partition coefficient (Wildman–Crippen LogP) is 3.98. The second-order valence-corrected chi connectivity index (χ2v) is 5.73. The van der Waals surface area contributed by atoms with Crippen LogP contribution in [0.15, 0.2) is 42.5 Å². The summed E-state index contributed by atoms with van der Waals surface area (Å²) >= 11 is 5.89. The molecule has 0 aliphatic heterocycles. The van der Waals surface area contributed by atoms with Crippen LogP contribution in [0, 0.1) is 6.92 Å². The highest BCUT2D eigenvalue weighted by Crippen LogP contribution is 2.23. The molecule has 1 atom stereocenters. The number of nitrogens with one attached hydrogen (secondary N) is 1. The molecular weight excluding hydrogens is 330 g/mol. The summed E-state index contributed by atoms with van der Waals surface area (Å²) in [5, 5.41) is 3.24. The molecular formula is C18H18ClNO4. The topological polar surface area (TPSA) is 64.6 Å². The van der Waals surface area contributed by atoms with Crippen molar-refractivity contribution < 1.29 is 19.1 Å². The molecule has 24 heavy (non-hydrogen) atoms. The van der Waals surface area contributed by atoms with Gasteiger partial charge in [-0.1, -0.05) is 11.6 Å². The van der Waals surface area contributed by atoms with Crippen molar-refractivity contribution in [3.05, 3.63) is 53.1 Å². The Bertz CT molecular complexity index is 743. The molecule has 0 fully saturated rings. The molecule has 0 aliphatic rings. The van der Waals surface area contributed by atoms with Crippen molar-refractivity contribution in [2.24, 2.45) is 0 Å². The van der Waals surface area contributed by atoms with E-state index in [1.54, 1.807) is 49.4 Å². The molecule has 2 aromatic carbocycles. The van der Waals surface area contributed by atoms with E-state index < -0.39 is 12.1 Å². The maximum absolute atomic E-state index is 12.1. The zero-order valence-corrected chi connectivity index (χ0v) is 14.4. The maximum atomic E-state index is 12.1. The van der Waals surface area contributed by atoms with Gasteiger partial charge in [-0.05, 0) is 61.9 Å². The number of carbonyl (C=O) groups excluding carboxylic acids is 2. The molecule has 1 amide bonds. The number of halogens is 1. The average molecular weight is 348 g/mol. The minimum Gasteiger partial charge on any atom is -0.479 e. The Morgan fingerprint density at radius 1 is 1.12 bits per heavy atom. The maximum Gasteiger partial charge on any atom is 0.352 e. The number of anilines is 1. The lowest BCUT2D eigenvalue weighted by atomic mass is 10.2. The number of aryl methyl sites for hydroxylation is 1. The quantitative estimate of drug-likeness (QED) is 0.656. The molecule has 6 heteroatoms. The third-order valence-corrected chi connectivity index (χ3v) is 3.40. The highest BCUT2D eigenvalue weighted by atomic mass is 35.5. The third kappa shape index (κ3) is 4.99. The molecule has 0 radical (unpaired) electrons. The molecule has 0 spiro atoms. The van der Waals surface area contributed by atoms with Gasteiger partial charge < -0.3 is 14.8 Å². The fraction of sp³-hybridized carbons (Fsp3) is 0.222. The van der Waals surface area contributed by atoms with Crippen LogP contribution in [-0.2, 0) is 9.59 Å². The molecule has 0 saturated heterocycles. The summed E-state index contributed by atoms with van der Waals surface area (Å²) in [4.78, 5) is 23.1. The van der Waals surface area contributed by atoms with Crippen LogP contribution in [-0.4, -0.2) is 18.0 Å². The zero-order valence-electron chi connectivity index (χ0n) is 13.6. The highest BCUT2D eigenvalue weighted by Gasteiger charge is 2.18. The van der Waals surface area contributed by atoms with Gasteiger partial charge in [0.1, 0.15) is 11.5 Å². The lowest BCUT2D eigenvalue weighted by Crippen LogP contribution is -2.28.